The second-order valence-corrected chi connectivity index (χ2v) is 5.78. The zero-order valence-corrected chi connectivity index (χ0v) is 10.7. The number of carboxylic acid groups (broad SMARTS) is 1. The van der Waals surface area contributed by atoms with Crippen molar-refractivity contribution in [2.24, 2.45) is 0 Å². The van der Waals surface area contributed by atoms with Gasteiger partial charge in [0.05, 0.1) is 6.54 Å². The van der Waals surface area contributed by atoms with E-state index in [1.54, 1.807) is 0 Å². The standard InChI is InChI=1S/C13H17NO2S/c1-10-13(11-5-3-2-4-6-11)14(7-8-17-10)9-12(15)16/h2-6,10,13H,7-9H2,1H3,(H,15,16). The number of carbonyl (C=O) groups is 1. The lowest BCUT2D eigenvalue weighted by atomic mass is 10.0. The third kappa shape index (κ3) is 3.01. The smallest absolute Gasteiger partial charge is 0.317 e. The van der Waals surface area contributed by atoms with Crippen LogP contribution in [0.4, 0.5) is 0 Å². The molecule has 1 aliphatic rings. The molecule has 2 atom stereocenters. The molecule has 0 radical (unpaired) electrons. The number of rotatable bonds is 3. The Balaban J connectivity index is 2.22. The molecule has 1 heterocycles. The van der Waals surface area contributed by atoms with Crippen LogP contribution < -0.4 is 0 Å². The molecule has 1 aromatic rings. The van der Waals surface area contributed by atoms with E-state index in [9.17, 15) is 4.79 Å². The second kappa shape index (κ2) is 5.56. The van der Waals surface area contributed by atoms with Crippen molar-refractivity contribution in [2.45, 2.75) is 18.2 Å². The topological polar surface area (TPSA) is 40.5 Å². The minimum absolute atomic E-state index is 0.129. The Morgan fingerprint density at radius 1 is 1.47 bits per heavy atom. The normalized spacial score (nSPS) is 25.7. The molecule has 0 aliphatic carbocycles. The fourth-order valence-corrected chi connectivity index (χ4v) is 3.59. The number of aliphatic carboxylic acids is 1. The highest BCUT2D eigenvalue weighted by Gasteiger charge is 2.31. The predicted molar refractivity (Wildman–Crippen MR) is 70.3 cm³/mol. The Hall–Kier alpha value is -1.00. The monoisotopic (exact) mass is 251 g/mol. The molecule has 4 heteroatoms. The first-order valence-electron chi connectivity index (χ1n) is 5.81. The largest absolute Gasteiger partial charge is 0.480 e. The first-order valence-corrected chi connectivity index (χ1v) is 6.86. The predicted octanol–water partition coefficient (Wildman–Crippen LogP) is 2.25. The van der Waals surface area contributed by atoms with E-state index < -0.39 is 5.97 Å². The maximum atomic E-state index is 10.9. The summed E-state index contributed by atoms with van der Waals surface area (Å²) in [4.78, 5) is 13.0. The minimum atomic E-state index is -0.745. The zero-order chi connectivity index (χ0) is 12.3. The second-order valence-electron chi connectivity index (χ2n) is 4.30. The van der Waals surface area contributed by atoms with Crippen molar-refractivity contribution in [1.82, 2.24) is 4.90 Å². The van der Waals surface area contributed by atoms with E-state index in [4.69, 9.17) is 5.11 Å². The number of nitrogens with zero attached hydrogens (tertiary/aromatic N) is 1. The summed E-state index contributed by atoms with van der Waals surface area (Å²) >= 11 is 1.92. The van der Waals surface area contributed by atoms with Crippen molar-refractivity contribution in [2.75, 3.05) is 18.8 Å². The van der Waals surface area contributed by atoms with Crippen molar-refractivity contribution < 1.29 is 9.90 Å². The lowest BCUT2D eigenvalue weighted by Gasteiger charge is -2.39. The molecule has 1 aliphatic heterocycles. The summed E-state index contributed by atoms with van der Waals surface area (Å²) in [6.45, 7) is 3.15. The molecule has 17 heavy (non-hydrogen) atoms. The maximum Gasteiger partial charge on any atom is 0.317 e. The van der Waals surface area contributed by atoms with Crippen molar-refractivity contribution >= 4 is 17.7 Å². The van der Waals surface area contributed by atoms with Gasteiger partial charge in [-0.1, -0.05) is 37.3 Å². The Bertz CT molecular complexity index is 382. The molecule has 1 aromatic carbocycles. The number of thioether (sulfide) groups is 1. The fourth-order valence-electron chi connectivity index (χ4n) is 2.37. The van der Waals surface area contributed by atoms with Gasteiger partial charge in [-0.3, -0.25) is 9.69 Å². The van der Waals surface area contributed by atoms with E-state index in [0.717, 1.165) is 12.3 Å². The summed E-state index contributed by atoms with van der Waals surface area (Å²) in [6.07, 6.45) is 0. The van der Waals surface area contributed by atoms with Crippen LogP contribution in [0.15, 0.2) is 30.3 Å². The van der Waals surface area contributed by atoms with Gasteiger partial charge < -0.3 is 5.11 Å². The molecular formula is C13H17NO2S. The Morgan fingerprint density at radius 2 is 2.18 bits per heavy atom. The maximum absolute atomic E-state index is 10.9. The summed E-state index contributed by atoms with van der Waals surface area (Å²) in [7, 11) is 0. The summed E-state index contributed by atoms with van der Waals surface area (Å²) in [5.41, 5.74) is 1.22. The van der Waals surface area contributed by atoms with Crippen LogP contribution in [-0.4, -0.2) is 40.1 Å². The molecule has 1 fully saturated rings. The van der Waals surface area contributed by atoms with Crippen LogP contribution in [0.3, 0.4) is 0 Å². The molecular weight excluding hydrogens is 234 g/mol. The number of hydrogen-bond acceptors (Lipinski definition) is 3. The molecule has 92 valence electrons. The zero-order valence-electron chi connectivity index (χ0n) is 9.87. The van der Waals surface area contributed by atoms with Crippen LogP contribution in [0.2, 0.25) is 0 Å². The van der Waals surface area contributed by atoms with Crippen molar-refractivity contribution in [3.63, 3.8) is 0 Å². The third-order valence-corrected chi connectivity index (χ3v) is 4.28. The Morgan fingerprint density at radius 3 is 2.82 bits per heavy atom. The van der Waals surface area contributed by atoms with Gasteiger partial charge in [0.15, 0.2) is 0 Å². The van der Waals surface area contributed by atoms with Crippen molar-refractivity contribution in [3.8, 4) is 0 Å². The van der Waals surface area contributed by atoms with E-state index in [1.807, 2.05) is 30.0 Å². The van der Waals surface area contributed by atoms with Crippen molar-refractivity contribution in [3.05, 3.63) is 35.9 Å². The lowest BCUT2D eigenvalue weighted by molar-refractivity contribution is -0.138. The van der Waals surface area contributed by atoms with E-state index in [0.29, 0.717) is 5.25 Å². The van der Waals surface area contributed by atoms with Gasteiger partial charge in [-0.25, -0.2) is 0 Å². The minimum Gasteiger partial charge on any atom is -0.480 e. The van der Waals surface area contributed by atoms with Crippen LogP contribution in [0.1, 0.15) is 18.5 Å². The molecule has 0 amide bonds. The van der Waals surface area contributed by atoms with E-state index in [1.165, 1.54) is 5.56 Å². The number of benzene rings is 1. The Kier molecular flexibility index (Phi) is 4.07. The highest BCUT2D eigenvalue weighted by molar-refractivity contribution is 8.00. The van der Waals surface area contributed by atoms with Gasteiger partial charge in [0.2, 0.25) is 0 Å². The van der Waals surface area contributed by atoms with Crippen molar-refractivity contribution in [1.29, 1.82) is 0 Å². The van der Waals surface area contributed by atoms with E-state index in [2.05, 4.69) is 24.0 Å². The Labute approximate surface area is 106 Å². The van der Waals surface area contributed by atoms with E-state index >= 15 is 0 Å². The quantitative estimate of drug-likeness (QED) is 0.894. The summed E-state index contributed by atoms with van der Waals surface area (Å²) in [5.74, 6) is 0.266. The van der Waals surface area contributed by atoms with Gasteiger partial charge in [-0.05, 0) is 5.56 Å². The molecule has 0 aromatic heterocycles. The average molecular weight is 251 g/mol. The molecule has 0 saturated carbocycles. The number of hydrogen-bond donors (Lipinski definition) is 1. The molecule has 2 rings (SSSR count). The van der Waals surface area contributed by atoms with Crippen LogP contribution in [0.25, 0.3) is 0 Å². The van der Waals surface area contributed by atoms with Crippen LogP contribution >= 0.6 is 11.8 Å². The molecule has 3 nitrogen and oxygen atoms in total. The highest BCUT2D eigenvalue weighted by atomic mass is 32.2. The van der Waals surface area contributed by atoms with Crippen LogP contribution in [-0.2, 0) is 4.79 Å². The summed E-state index contributed by atoms with van der Waals surface area (Å²) < 4.78 is 0. The van der Waals surface area contributed by atoms with E-state index in [-0.39, 0.29) is 12.6 Å². The number of carboxylic acids is 1. The fraction of sp³-hybridized carbons (Fsp3) is 0.462. The lowest BCUT2D eigenvalue weighted by Crippen LogP contribution is -2.42. The molecule has 1 saturated heterocycles. The van der Waals surface area contributed by atoms with Gasteiger partial charge in [0, 0.05) is 23.6 Å². The first-order chi connectivity index (χ1) is 8.18. The SMILES string of the molecule is CC1SCCN(CC(=O)O)C1c1ccccc1. The van der Waals surface area contributed by atoms with Gasteiger partial charge in [-0.2, -0.15) is 11.8 Å². The molecule has 0 bridgehead atoms. The van der Waals surface area contributed by atoms with Gasteiger partial charge in [0.25, 0.3) is 0 Å². The van der Waals surface area contributed by atoms with Gasteiger partial charge in [-0.15, -0.1) is 0 Å². The van der Waals surface area contributed by atoms with Crippen LogP contribution in [0, 0.1) is 0 Å². The highest BCUT2D eigenvalue weighted by Crippen LogP contribution is 2.35. The first kappa shape index (κ1) is 12.5. The third-order valence-electron chi connectivity index (χ3n) is 3.08. The van der Waals surface area contributed by atoms with Crippen LogP contribution in [0.5, 0.6) is 0 Å². The average Bonchev–Trinajstić information content (AvgIpc) is 2.29. The molecule has 1 N–H and O–H groups in total. The summed E-state index contributed by atoms with van der Waals surface area (Å²) in [5, 5.41) is 9.40. The molecule has 0 spiro atoms. The molecule has 2 unspecified atom stereocenters. The van der Waals surface area contributed by atoms with Gasteiger partial charge >= 0.3 is 5.97 Å². The summed E-state index contributed by atoms with van der Waals surface area (Å²) in [6, 6.07) is 10.4. The van der Waals surface area contributed by atoms with Gasteiger partial charge in [0.1, 0.15) is 0 Å².